The molecule has 30 heavy (non-hydrogen) atoms. The number of carboxylic acid groups (broad SMARTS) is 3. The molecule has 0 aliphatic heterocycles. The second-order valence-electron chi connectivity index (χ2n) is 8.31. The molecule has 2 atom stereocenters. The molecule has 0 aliphatic carbocycles. The van der Waals surface area contributed by atoms with Crippen LogP contribution >= 0.6 is 0 Å². The van der Waals surface area contributed by atoms with Gasteiger partial charge < -0.3 is 21.1 Å². The highest BCUT2D eigenvalue weighted by atomic mass is 16.4. The first-order valence-electron chi connectivity index (χ1n) is 11.4. The largest absolute Gasteiger partial charge is 0.481 e. The van der Waals surface area contributed by atoms with E-state index in [9.17, 15) is 19.5 Å². The third-order valence-electron chi connectivity index (χ3n) is 5.49. The highest BCUT2D eigenvalue weighted by Gasteiger charge is 2.17. The molecule has 0 aromatic rings. The van der Waals surface area contributed by atoms with Gasteiger partial charge in [0.25, 0.3) is 0 Å². The highest BCUT2D eigenvalue weighted by Crippen LogP contribution is 2.24. The summed E-state index contributed by atoms with van der Waals surface area (Å²) in [5.41, 5.74) is 5.53. The van der Waals surface area contributed by atoms with E-state index in [-0.39, 0.29) is 31.2 Å². The molecular weight excluding hydrogens is 388 g/mol. The van der Waals surface area contributed by atoms with Gasteiger partial charge in [-0.25, -0.2) is 0 Å². The molecule has 0 aromatic heterocycles. The molecule has 5 N–H and O–H groups in total. The first-order valence-corrected chi connectivity index (χ1v) is 11.4. The number of rotatable bonds is 21. The Morgan fingerprint density at radius 3 is 1.70 bits per heavy atom. The zero-order valence-electron chi connectivity index (χ0n) is 18.6. The molecule has 8 nitrogen and oxygen atoms in total. The van der Waals surface area contributed by atoms with Gasteiger partial charge in [-0.3, -0.25) is 19.3 Å². The molecule has 0 bridgehead atoms. The quantitative estimate of drug-likeness (QED) is 0.203. The Morgan fingerprint density at radius 2 is 1.23 bits per heavy atom. The molecule has 0 amide bonds. The fourth-order valence-electron chi connectivity index (χ4n) is 3.94. The van der Waals surface area contributed by atoms with Crippen molar-refractivity contribution in [1.82, 2.24) is 4.90 Å². The average Bonchev–Trinajstić information content (AvgIpc) is 2.64. The second kappa shape index (κ2) is 18.1. The topological polar surface area (TPSA) is 141 Å². The van der Waals surface area contributed by atoms with Gasteiger partial charge in [-0.15, -0.1) is 0 Å². The van der Waals surface area contributed by atoms with Crippen molar-refractivity contribution in [2.24, 2.45) is 17.6 Å². The van der Waals surface area contributed by atoms with Crippen molar-refractivity contribution in [2.75, 3.05) is 26.2 Å². The first-order chi connectivity index (χ1) is 14.3. The Labute approximate surface area is 180 Å². The maximum atomic E-state index is 11.2. The van der Waals surface area contributed by atoms with E-state index < -0.39 is 17.9 Å². The lowest BCUT2D eigenvalue weighted by atomic mass is 9.88. The lowest BCUT2D eigenvalue weighted by Crippen LogP contribution is -2.32. The Kier molecular flexibility index (Phi) is 17.1. The lowest BCUT2D eigenvalue weighted by Gasteiger charge is -2.22. The van der Waals surface area contributed by atoms with Crippen molar-refractivity contribution >= 4 is 17.9 Å². The SMILES string of the molecule is CCCCCN(CCCC(CCCC(CCCN)CC(=O)O)CC(=O)O)CC(=O)O. The number of hydrogen-bond acceptors (Lipinski definition) is 5. The number of nitrogens with zero attached hydrogens (tertiary/aromatic N) is 1. The van der Waals surface area contributed by atoms with Gasteiger partial charge in [0.2, 0.25) is 0 Å². The summed E-state index contributed by atoms with van der Waals surface area (Å²) in [6.07, 6.45) is 8.76. The van der Waals surface area contributed by atoms with Gasteiger partial charge in [-0.2, -0.15) is 0 Å². The normalized spacial score (nSPS) is 13.3. The van der Waals surface area contributed by atoms with E-state index in [0.29, 0.717) is 13.1 Å². The predicted molar refractivity (Wildman–Crippen MR) is 116 cm³/mol. The Bertz CT molecular complexity index is 486. The van der Waals surface area contributed by atoms with Gasteiger partial charge in [0.05, 0.1) is 6.54 Å². The predicted octanol–water partition coefficient (Wildman–Crippen LogP) is 3.43. The number of hydrogen-bond donors (Lipinski definition) is 4. The van der Waals surface area contributed by atoms with Gasteiger partial charge in [0.15, 0.2) is 0 Å². The molecule has 0 spiro atoms. The van der Waals surface area contributed by atoms with Crippen LogP contribution in [0.25, 0.3) is 0 Å². The molecule has 0 saturated carbocycles. The van der Waals surface area contributed by atoms with Gasteiger partial charge in [0.1, 0.15) is 0 Å². The van der Waals surface area contributed by atoms with E-state index in [1.165, 1.54) is 0 Å². The summed E-state index contributed by atoms with van der Waals surface area (Å²) < 4.78 is 0. The highest BCUT2D eigenvalue weighted by molar-refractivity contribution is 5.69. The fourth-order valence-corrected chi connectivity index (χ4v) is 3.94. The van der Waals surface area contributed by atoms with Crippen LogP contribution in [0, 0.1) is 11.8 Å². The van der Waals surface area contributed by atoms with Crippen LogP contribution in [0.15, 0.2) is 0 Å². The first kappa shape index (κ1) is 28.3. The molecule has 176 valence electrons. The van der Waals surface area contributed by atoms with Crippen molar-refractivity contribution in [3.05, 3.63) is 0 Å². The number of aliphatic carboxylic acids is 3. The minimum atomic E-state index is -0.837. The zero-order chi connectivity index (χ0) is 22.8. The number of nitrogens with two attached hydrogens (primary N) is 1. The van der Waals surface area contributed by atoms with Crippen LogP contribution in [-0.4, -0.2) is 64.3 Å². The van der Waals surface area contributed by atoms with E-state index in [0.717, 1.165) is 70.8 Å². The molecule has 0 saturated heterocycles. The van der Waals surface area contributed by atoms with Crippen LogP contribution in [-0.2, 0) is 14.4 Å². The van der Waals surface area contributed by atoms with E-state index in [1.54, 1.807) is 0 Å². The van der Waals surface area contributed by atoms with Crippen LogP contribution in [0.1, 0.15) is 84.0 Å². The zero-order valence-corrected chi connectivity index (χ0v) is 18.6. The number of carbonyl (C=O) groups is 3. The molecule has 0 fully saturated rings. The van der Waals surface area contributed by atoms with E-state index in [4.69, 9.17) is 15.9 Å². The molecule has 2 unspecified atom stereocenters. The summed E-state index contributed by atoms with van der Waals surface area (Å²) in [6, 6.07) is 0. The third kappa shape index (κ3) is 17.2. The number of unbranched alkanes of at least 4 members (excludes halogenated alkanes) is 2. The third-order valence-corrected chi connectivity index (χ3v) is 5.49. The minimum Gasteiger partial charge on any atom is -0.481 e. The summed E-state index contributed by atoms with van der Waals surface area (Å²) in [7, 11) is 0. The van der Waals surface area contributed by atoms with Crippen molar-refractivity contribution < 1.29 is 29.7 Å². The monoisotopic (exact) mass is 430 g/mol. The van der Waals surface area contributed by atoms with Crippen LogP contribution < -0.4 is 5.73 Å². The lowest BCUT2D eigenvalue weighted by molar-refractivity contribution is -0.139. The van der Waals surface area contributed by atoms with E-state index in [1.807, 2.05) is 4.90 Å². The number of carboxylic acids is 3. The molecule has 0 heterocycles. The summed E-state index contributed by atoms with van der Waals surface area (Å²) in [4.78, 5) is 35.3. The second-order valence-corrected chi connectivity index (χ2v) is 8.31. The van der Waals surface area contributed by atoms with Gasteiger partial charge >= 0.3 is 17.9 Å². The Hall–Kier alpha value is -1.67. The van der Waals surface area contributed by atoms with Crippen molar-refractivity contribution in [3.8, 4) is 0 Å². The standard InChI is InChI=1S/C22H42N2O6/c1-2-3-4-13-24(17-22(29)30)14-7-11-19(16-21(27)28)9-5-8-18(10-6-12-23)15-20(25)26/h18-19H,2-17,23H2,1H3,(H,25,26)(H,27,28)(H,29,30). The van der Waals surface area contributed by atoms with E-state index in [2.05, 4.69) is 6.92 Å². The Balaban J connectivity index is 4.51. The van der Waals surface area contributed by atoms with Gasteiger partial charge in [-0.1, -0.05) is 26.2 Å². The van der Waals surface area contributed by atoms with E-state index >= 15 is 0 Å². The van der Waals surface area contributed by atoms with Crippen molar-refractivity contribution in [1.29, 1.82) is 0 Å². The molecule has 0 radical (unpaired) electrons. The van der Waals surface area contributed by atoms with Gasteiger partial charge in [-0.05, 0) is 76.4 Å². The maximum absolute atomic E-state index is 11.2. The summed E-state index contributed by atoms with van der Waals surface area (Å²) in [5.74, 6) is -2.35. The molecule has 0 aliphatic rings. The van der Waals surface area contributed by atoms with Crippen LogP contribution in [0.4, 0.5) is 0 Å². The molecule has 8 heteroatoms. The maximum Gasteiger partial charge on any atom is 0.317 e. The molecular formula is C22H42N2O6. The average molecular weight is 431 g/mol. The summed E-state index contributed by atoms with van der Waals surface area (Å²) in [5, 5.41) is 27.4. The van der Waals surface area contributed by atoms with Gasteiger partial charge in [0, 0.05) is 12.8 Å². The van der Waals surface area contributed by atoms with Crippen LogP contribution in [0.5, 0.6) is 0 Å². The summed E-state index contributed by atoms with van der Waals surface area (Å²) >= 11 is 0. The van der Waals surface area contributed by atoms with Crippen molar-refractivity contribution in [3.63, 3.8) is 0 Å². The van der Waals surface area contributed by atoms with Crippen LogP contribution in [0.2, 0.25) is 0 Å². The van der Waals surface area contributed by atoms with Crippen molar-refractivity contribution in [2.45, 2.75) is 84.0 Å². The molecule has 0 rings (SSSR count). The van der Waals surface area contributed by atoms with Crippen LogP contribution in [0.3, 0.4) is 0 Å². The summed E-state index contributed by atoms with van der Waals surface area (Å²) in [6.45, 7) is 4.08. The minimum absolute atomic E-state index is 0.0192. The fraction of sp³-hybridized carbons (Fsp3) is 0.864. The smallest absolute Gasteiger partial charge is 0.317 e. The molecule has 0 aromatic carbocycles. The Morgan fingerprint density at radius 1 is 0.733 bits per heavy atom.